The summed E-state index contributed by atoms with van der Waals surface area (Å²) in [6, 6.07) is -10.4. The Bertz CT molecular complexity index is 1920. The van der Waals surface area contributed by atoms with E-state index in [1.807, 2.05) is 6.92 Å². The van der Waals surface area contributed by atoms with E-state index in [4.69, 9.17) is 40.1 Å². The molecule has 0 aliphatic carbocycles. The predicted molar refractivity (Wildman–Crippen MR) is 264 cm³/mol. The number of primary amides is 2. The molecular formula is C41H73N17O10S2. The van der Waals surface area contributed by atoms with E-state index in [1.54, 1.807) is 20.8 Å². The molecule has 3 unspecified atom stereocenters. The lowest BCUT2D eigenvalue weighted by Gasteiger charge is -2.31. The van der Waals surface area contributed by atoms with E-state index in [-0.39, 0.29) is 75.2 Å². The summed E-state index contributed by atoms with van der Waals surface area (Å²) in [7, 11) is 2.11. The zero-order valence-corrected chi connectivity index (χ0v) is 41.8. The van der Waals surface area contributed by atoms with E-state index in [1.165, 1.54) is 4.90 Å². The monoisotopic (exact) mass is 1030 g/mol. The van der Waals surface area contributed by atoms with Gasteiger partial charge in [-0.25, -0.2) is 0 Å². The normalized spacial score (nSPS) is 24.4. The van der Waals surface area contributed by atoms with Gasteiger partial charge in [0.15, 0.2) is 11.9 Å². The maximum Gasteiger partial charge on any atom is 0.246 e. The van der Waals surface area contributed by atoms with Crippen molar-refractivity contribution in [2.45, 2.75) is 134 Å². The summed E-state index contributed by atoms with van der Waals surface area (Å²) in [6.07, 6.45) is 0.894. The average Bonchev–Trinajstić information content (AvgIpc) is 3.80. The number of carbonyl (C=O) groups excluding carboxylic acids is 10. The van der Waals surface area contributed by atoms with Crippen molar-refractivity contribution in [3.05, 3.63) is 0 Å². The Morgan fingerprint density at radius 3 is 1.83 bits per heavy atom. The first-order chi connectivity index (χ1) is 33.0. The molecular weight excluding hydrogens is 955 g/mol. The lowest BCUT2D eigenvalue weighted by molar-refractivity contribution is -0.142. The maximum absolute atomic E-state index is 14.5. The zero-order valence-electron chi connectivity index (χ0n) is 40.2. The minimum absolute atomic E-state index is 0.0260. The Kier molecular flexibility index (Phi) is 26.1. The lowest BCUT2D eigenvalue weighted by atomic mass is 9.94. The van der Waals surface area contributed by atoms with Crippen molar-refractivity contribution in [1.29, 1.82) is 0 Å². The minimum Gasteiger partial charge on any atom is -0.370 e. The van der Waals surface area contributed by atoms with Crippen LogP contribution in [-0.4, -0.2) is 162 Å². The topological polar surface area (TPSA) is 465 Å². The molecule has 27 nitrogen and oxygen atoms in total. The molecule has 29 heteroatoms. The van der Waals surface area contributed by atoms with Crippen LogP contribution in [0.3, 0.4) is 0 Å². The van der Waals surface area contributed by atoms with Crippen LogP contribution in [0.4, 0.5) is 0 Å². The molecule has 0 aromatic rings. The van der Waals surface area contributed by atoms with Crippen molar-refractivity contribution in [2.24, 2.45) is 62.0 Å². The first kappa shape index (κ1) is 60.0. The quantitative estimate of drug-likeness (QED) is 0.0234. The molecule has 394 valence electrons. The Morgan fingerprint density at radius 2 is 1.26 bits per heavy atom. The van der Waals surface area contributed by atoms with Gasteiger partial charge in [-0.05, 0) is 50.4 Å². The van der Waals surface area contributed by atoms with E-state index < -0.39 is 132 Å². The molecule has 0 aromatic heterocycles. The highest BCUT2D eigenvalue weighted by molar-refractivity contribution is 8.76. The van der Waals surface area contributed by atoms with E-state index in [0.717, 1.165) is 21.6 Å². The number of hydrogen-bond acceptors (Lipinski definition) is 15. The van der Waals surface area contributed by atoms with Crippen LogP contribution >= 0.6 is 21.6 Å². The minimum atomic E-state index is -1.70. The number of nitrogens with one attached hydrogen (secondary N) is 7. The van der Waals surface area contributed by atoms with E-state index in [2.05, 4.69) is 47.2 Å². The van der Waals surface area contributed by atoms with Crippen LogP contribution in [0.15, 0.2) is 9.98 Å². The van der Waals surface area contributed by atoms with Gasteiger partial charge < -0.3 is 82.3 Å². The third-order valence-corrected chi connectivity index (χ3v) is 14.0. The molecule has 2 fully saturated rings. The van der Waals surface area contributed by atoms with Crippen LogP contribution in [0.5, 0.6) is 0 Å². The molecule has 2 rings (SSSR count). The first-order valence-corrected chi connectivity index (χ1v) is 25.6. The van der Waals surface area contributed by atoms with Crippen LogP contribution in [-0.2, 0) is 47.9 Å². The summed E-state index contributed by atoms with van der Waals surface area (Å²) in [5.41, 5.74) is 38.9. The first-order valence-electron chi connectivity index (χ1n) is 23.1. The fourth-order valence-electron chi connectivity index (χ4n) is 7.23. The number of rotatable bonds is 20. The molecule has 0 aromatic carbocycles. The Balaban J connectivity index is 2.62. The third-order valence-electron chi connectivity index (χ3n) is 11.6. The molecule has 2 aliphatic rings. The van der Waals surface area contributed by atoms with Gasteiger partial charge >= 0.3 is 0 Å². The number of nitrogens with two attached hydrogens (primary N) is 7. The Morgan fingerprint density at radius 1 is 0.714 bits per heavy atom. The van der Waals surface area contributed by atoms with Gasteiger partial charge in [-0.3, -0.25) is 57.9 Å². The van der Waals surface area contributed by atoms with Gasteiger partial charge in [0.25, 0.3) is 0 Å². The number of aliphatic imine (C=N–C) groups is 2. The second-order valence-corrected chi connectivity index (χ2v) is 19.7. The number of nitrogens with zero attached hydrogens (tertiary/aromatic N) is 3. The molecule has 2 heterocycles. The SMILES string of the molecule is CC[C@H](C)C1NC(=O)[C@H]([C@@H](C)CC)NC(=O)[C@@H](N)CSSCC(C(=O)N2CCC[C@H]2C(=O)N[C@@H](CCCN=C(N)N)C(=O)NCC(N)=O)NC(=O)[C@H](CC(N)=O)NC(=O)C(CCCN=C(N)N)NC1=O. The predicted octanol–water partition coefficient (Wildman–Crippen LogP) is -5.72. The number of carbonyl (C=O) groups is 10. The molecule has 2 saturated heterocycles. The second kappa shape index (κ2) is 30.5. The number of amides is 10. The summed E-state index contributed by atoms with van der Waals surface area (Å²) in [6.45, 7) is 6.74. The molecule has 10 atom stereocenters. The fourth-order valence-corrected chi connectivity index (χ4v) is 9.50. The summed E-state index contributed by atoms with van der Waals surface area (Å²) in [5, 5.41) is 18.2. The highest BCUT2D eigenvalue weighted by atomic mass is 33.1. The van der Waals surface area contributed by atoms with Crippen LogP contribution in [0, 0.1) is 11.8 Å². The Hall–Kier alpha value is -6.10. The van der Waals surface area contributed by atoms with Crippen molar-refractivity contribution in [2.75, 3.05) is 37.7 Å². The summed E-state index contributed by atoms with van der Waals surface area (Å²) in [5.74, 6) is -9.69. The molecule has 10 amide bonds. The van der Waals surface area contributed by atoms with Crippen molar-refractivity contribution in [3.8, 4) is 0 Å². The van der Waals surface area contributed by atoms with Crippen molar-refractivity contribution >= 4 is 92.6 Å². The molecule has 0 spiro atoms. The van der Waals surface area contributed by atoms with E-state index in [9.17, 15) is 47.9 Å². The second-order valence-electron chi connectivity index (χ2n) is 17.1. The maximum atomic E-state index is 14.5. The van der Waals surface area contributed by atoms with E-state index in [0.29, 0.717) is 19.3 Å². The van der Waals surface area contributed by atoms with Gasteiger partial charge in [0.2, 0.25) is 59.1 Å². The highest BCUT2D eigenvalue weighted by Crippen LogP contribution is 2.26. The van der Waals surface area contributed by atoms with Gasteiger partial charge in [0, 0.05) is 31.1 Å². The van der Waals surface area contributed by atoms with Gasteiger partial charge in [0.1, 0.15) is 42.3 Å². The van der Waals surface area contributed by atoms with Crippen LogP contribution in [0.25, 0.3) is 0 Å². The largest absolute Gasteiger partial charge is 0.370 e. The summed E-state index contributed by atoms with van der Waals surface area (Å²) >= 11 is 0. The van der Waals surface area contributed by atoms with Crippen LogP contribution in [0.2, 0.25) is 0 Å². The average molecular weight is 1030 g/mol. The third kappa shape index (κ3) is 20.5. The van der Waals surface area contributed by atoms with Gasteiger partial charge in [-0.1, -0.05) is 62.1 Å². The molecule has 21 N–H and O–H groups in total. The molecule has 2 aliphatic heterocycles. The van der Waals surface area contributed by atoms with Gasteiger partial charge in [-0.15, -0.1) is 0 Å². The standard InChI is InChI=1S/C41H73N17O10S2/c1-5-20(3)30-37(66)53-24(11-8-14-50-41(47)48)34(63)54-25(16-28(43)59)35(64)55-26(19-70-69-18-22(42)32(61)56-31(21(4)6-2)38(67)57-30)39(68)58-15-9-12-27(58)36(65)52-23(10-7-13-49-40(45)46)33(62)51-17-29(44)60/h20-27,30-31H,5-19,42H2,1-4H3,(H2,43,59)(H2,44,60)(H,51,62)(H,52,65)(H,53,66)(H,54,63)(H,55,64)(H,56,61)(H,57,67)(H4,45,46,49)(H4,47,48,50)/t20-,21-,22-,23-,24?,25-,26?,27-,30?,31-/m0/s1. The molecule has 0 bridgehead atoms. The molecule has 0 radical (unpaired) electrons. The van der Waals surface area contributed by atoms with Gasteiger partial charge in [-0.2, -0.15) is 0 Å². The number of likely N-dealkylation sites (tertiary alicyclic amines) is 1. The molecule has 70 heavy (non-hydrogen) atoms. The van der Waals surface area contributed by atoms with Crippen LogP contribution in [0.1, 0.15) is 85.5 Å². The lowest BCUT2D eigenvalue weighted by Crippen LogP contribution is -2.62. The fraction of sp³-hybridized carbons (Fsp3) is 0.707. The van der Waals surface area contributed by atoms with Crippen LogP contribution < -0.4 is 77.4 Å². The van der Waals surface area contributed by atoms with Crippen molar-refractivity contribution < 1.29 is 47.9 Å². The number of guanidine groups is 2. The Labute approximate surface area is 414 Å². The summed E-state index contributed by atoms with van der Waals surface area (Å²) in [4.78, 5) is 144. The van der Waals surface area contributed by atoms with Crippen molar-refractivity contribution in [3.63, 3.8) is 0 Å². The van der Waals surface area contributed by atoms with E-state index >= 15 is 0 Å². The highest BCUT2D eigenvalue weighted by Gasteiger charge is 2.41. The van der Waals surface area contributed by atoms with Gasteiger partial charge in [0.05, 0.1) is 19.0 Å². The molecule has 0 saturated carbocycles. The smallest absolute Gasteiger partial charge is 0.246 e. The van der Waals surface area contributed by atoms with Crippen molar-refractivity contribution in [1.82, 2.24) is 42.1 Å². The number of hydrogen-bond donors (Lipinski definition) is 14. The summed E-state index contributed by atoms with van der Waals surface area (Å²) < 4.78 is 0. The zero-order chi connectivity index (χ0) is 52.7.